The molecular weight excluding hydrogens is 322 g/mol. The summed E-state index contributed by atoms with van der Waals surface area (Å²) in [4.78, 5) is 4.85. The van der Waals surface area contributed by atoms with Crippen LogP contribution < -0.4 is 11.5 Å². The molecule has 1 fully saturated rings. The summed E-state index contributed by atoms with van der Waals surface area (Å²) in [5, 5.41) is 5.09. The molecule has 124 valence electrons. The average Bonchev–Trinajstić information content (AvgIpc) is 3.01. The third-order valence-electron chi connectivity index (χ3n) is 4.94. The van der Waals surface area contributed by atoms with E-state index in [1.54, 1.807) is 4.52 Å². The maximum Gasteiger partial charge on any atom is 0.163 e. The van der Waals surface area contributed by atoms with E-state index in [0.717, 1.165) is 48.2 Å². The number of aromatic nitrogens is 3. The fourth-order valence-electron chi connectivity index (χ4n) is 3.42. The van der Waals surface area contributed by atoms with E-state index in [-0.39, 0.29) is 6.04 Å². The molecule has 2 heterocycles. The number of benzene rings is 1. The van der Waals surface area contributed by atoms with Crippen molar-refractivity contribution < 1.29 is 0 Å². The topological polar surface area (TPSA) is 82.2 Å². The van der Waals surface area contributed by atoms with Gasteiger partial charge in [-0.15, -0.1) is 0 Å². The van der Waals surface area contributed by atoms with E-state index in [0.29, 0.717) is 5.02 Å². The molecule has 1 aliphatic carbocycles. The quantitative estimate of drug-likeness (QED) is 0.750. The van der Waals surface area contributed by atoms with E-state index >= 15 is 0 Å². The van der Waals surface area contributed by atoms with Crippen LogP contribution in [0.2, 0.25) is 5.02 Å². The predicted molar refractivity (Wildman–Crippen MR) is 95.7 cm³/mol. The molecule has 5 nitrogen and oxygen atoms in total. The third kappa shape index (κ3) is 2.69. The van der Waals surface area contributed by atoms with Gasteiger partial charge >= 0.3 is 0 Å². The van der Waals surface area contributed by atoms with Gasteiger partial charge in [0, 0.05) is 22.8 Å². The van der Waals surface area contributed by atoms with E-state index in [1.807, 2.05) is 42.7 Å². The molecule has 0 bridgehead atoms. The lowest BCUT2D eigenvalue weighted by Crippen LogP contribution is -2.44. The van der Waals surface area contributed by atoms with E-state index in [9.17, 15) is 0 Å². The zero-order valence-corrected chi connectivity index (χ0v) is 14.1. The van der Waals surface area contributed by atoms with Crippen molar-refractivity contribution in [2.45, 2.75) is 37.3 Å². The number of halogens is 1. The molecule has 4 N–H and O–H groups in total. The summed E-state index contributed by atoms with van der Waals surface area (Å²) in [6.45, 7) is 0. The fraction of sp³-hybridized carbons (Fsp3) is 0.333. The van der Waals surface area contributed by atoms with E-state index in [1.165, 1.54) is 0 Å². The lowest BCUT2D eigenvalue weighted by Gasteiger charge is -2.35. The lowest BCUT2D eigenvalue weighted by molar-refractivity contribution is 0.271. The molecule has 0 aliphatic heterocycles. The van der Waals surface area contributed by atoms with Crippen molar-refractivity contribution in [2.24, 2.45) is 11.5 Å². The molecule has 0 spiro atoms. The summed E-state index contributed by atoms with van der Waals surface area (Å²) in [6.07, 6.45) is 7.33. The van der Waals surface area contributed by atoms with Gasteiger partial charge in [0.2, 0.25) is 0 Å². The summed E-state index contributed by atoms with van der Waals surface area (Å²) in [5.74, 6) is 0. The van der Waals surface area contributed by atoms with Crippen molar-refractivity contribution >= 4 is 17.2 Å². The van der Waals surface area contributed by atoms with Gasteiger partial charge in [-0.2, -0.15) is 5.10 Å². The Morgan fingerprint density at radius 3 is 2.75 bits per heavy atom. The van der Waals surface area contributed by atoms with Crippen LogP contribution in [0.25, 0.3) is 16.8 Å². The zero-order valence-electron chi connectivity index (χ0n) is 13.3. The molecule has 0 saturated heterocycles. The monoisotopic (exact) mass is 341 g/mol. The Hall–Kier alpha value is -1.95. The summed E-state index contributed by atoms with van der Waals surface area (Å²) >= 11 is 6.12. The predicted octanol–water partition coefficient (Wildman–Crippen LogP) is 3.11. The van der Waals surface area contributed by atoms with E-state index < -0.39 is 5.54 Å². The summed E-state index contributed by atoms with van der Waals surface area (Å²) < 4.78 is 1.78. The van der Waals surface area contributed by atoms with Crippen molar-refractivity contribution in [3.8, 4) is 11.1 Å². The van der Waals surface area contributed by atoms with Crippen molar-refractivity contribution in [3.05, 3.63) is 53.4 Å². The van der Waals surface area contributed by atoms with Crippen LogP contribution in [0.15, 0.2) is 42.7 Å². The van der Waals surface area contributed by atoms with Crippen LogP contribution in [-0.4, -0.2) is 20.6 Å². The molecule has 24 heavy (non-hydrogen) atoms. The Bertz CT molecular complexity index is 880. The van der Waals surface area contributed by atoms with Crippen LogP contribution in [-0.2, 0) is 5.54 Å². The molecule has 0 radical (unpaired) electrons. The Morgan fingerprint density at radius 2 is 2.00 bits per heavy atom. The molecule has 1 aromatic carbocycles. The minimum absolute atomic E-state index is 0.252. The largest absolute Gasteiger partial charge is 0.328 e. The number of nitrogens with two attached hydrogens (primary N) is 2. The first-order chi connectivity index (χ1) is 11.5. The van der Waals surface area contributed by atoms with Crippen LogP contribution in [0.3, 0.4) is 0 Å². The molecule has 0 amide bonds. The molecule has 1 aliphatic rings. The molecule has 1 saturated carbocycles. The second kappa shape index (κ2) is 5.84. The van der Waals surface area contributed by atoms with Crippen LogP contribution in [0.1, 0.15) is 31.4 Å². The Labute approximate surface area is 145 Å². The number of hydrogen-bond acceptors (Lipinski definition) is 4. The van der Waals surface area contributed by atoms with Gasteiger partial charge in [0.25, 0.3) is 0 Å². The summed E-state index contributed by atoms with van der Waals surface area (Å²) in [5.41, 5.74) is 15.9. The third-order valence-corrected chi connectivity index (χ3v) is 5.17. The smallest absolute Gasteiger partial charge is 0.163 e. The number of rotatable bonds is 2. The lowest BCUT2D eigenvalue weighted by atomic mass is 9.78. The van der Waals surface area contributed by atoms with Crippen LogP contribution in [0.4, 0.5) is 0 Å². The van der Waals surface area contributed by atoms with Gasteiger partial charge in [-0.25, -0.2) is 9.50 Å². The second-order valence-corrected chi connectivity index (χ2v) is 7.08. The molecular formula is C18H20ClN5. The number of hydrogen-bond donors (Lipinski definition) is 2. The van der Waals surface area contributed by atoms with Crippen molar-refractivity contribution in [1.82, 2.24) is 14.6 Å². The Kier molecular flexibility index (Phi) is 3.79. The van der Waals surface area contributed by atoms with Gasteiger partial charge in [-0.05, 0) is 49.4 Å². The number of fused-ring (bicyclic) bond motifs is 1. The van der Waals surface area contributed by atoms with Gasteiger partial charge in [-0.3, -0.25) is 0 Å². The molecule has 3 aromatic rings. The second-order valence-electron chi connectivity index (χ2n) is 6.64. The first-order valence-electron chi connectivity index (χ1n) is 8.20. The highest BCUT2D eigenvalue weighted by atomic mass is 35.5. The van der Waals surface area contributed by atoms with Crippen LogP contribution >= 0.6 is 11.6 Å². The highest BCUT2D eigenvalue weighted by Crippen LogP contribution is 2.34. The minimum Gasteiger partial charge on any atom is -0.328 e. The van der Waals surface area contributed by atoms with Crippen molar-refractivity contribution in [1.29, 1.82) is 0 Å². The molecule has 6 heteroatoms. The minimum atomic E-state index is -0.409. The maximum atomic E-state index is 6.65. The average molecular weight is 342 g/mol. The van der Waals surface area contributed by atoms with Crippen LogP contribution in [0, 0.1) is 0 Å². The molecule has 0 atom stereocenters. The highest BCUT2D eigenvalue weighted by Gasteiger charge is 2.33. The maximum absolute atomic E-state index is 6.65. The van der Waals surface area contributed by atoms with Crippen molar-refractivity contribution in [3.63, 3.8) is 0 Å². The SMILES string of the molecule is NC1CCC(N)(c2ccn3ncc(-c4cccc(Cl)c4)c3n2)CC1. The van der Waals surface area contributed by atoms with Crippen molar-refractivity contribution in [2.75, 3.05) is 0 Å². The van der Waals surface area contributed by atoms with Gasteiger partial charge in [0.05, 0.1) is 17.4 Å². The highest BCUT2D eigenvalue weighted by molar-refractivity contribution is 6.30. The van der Waals surface area contributed by atoms with Crippen LogP contribution in [0.5, 0.6) is 0 Å². The molecule has 2 aromatic heterocycles. The van der Waals surface area contributed by atoms with Gasteiger partial charge in [-0.1, -0.05) is 23.7 Å². The first-order valence-corrected chi connectivity index (χ1v) is 8.58. The first kappa shape index (κ1) is 15.6. The Morgan fingerprint density at radius 1 is 1.21 bits per heavy atom. The summed E-state index contributed by atoms with van der Waals surface area (Å²) in [6, 6.07) is 9.94. The van der Waals surface area contributed by atoms with E-state index in [4.69, 9.17) is 28.1 Å². The van der Waals surface area contributed by atoms with E-state index in [2.05, 4.69) is 5.10 Å². The molecule has 4 rings (SSSR count). The van der Waals surface area contributed by atoms with Gasteiger partial charge in [0.1, 0.15) is 0 Å². The summed E-state index contributed by atoms with van der Waals surface area (Å²) in [7, 11) is 0. The Balaban J connectivity index is 1.79. The zero-order chi connectivity index (χ0) is 16.7. The standard InChI is InChI=1S/C18H20ClN5/c19-13-3-1-2-12(10-13)15-11-22-24-9-6-16(23-17(15)24)18(21)7-4-14(20)5-8-18/h1-3,6,9-11,14H,4-5,7-8,20-21H2. The normalized spacial score (nSPS) is 24.4. The van der Waals surface area contributed by atoms with Gasteiger partial charge < -0.3 is 11.5 Å². The molecule has 0 unspecified atom stereocenters. The fourth-order valence-corrected chi connectivity index (χ4v) is 3.61. The van der Waals surface area contributed by atoms with Gasteiger partial charge in [0.15, 0.2) is 5.65 Å². The number of nitrogens with zero attached hydrogens (tertiary/aromatic N) is 3.